The lowest BCUT2D eigenvalue weighted by atomic mass is 10.1. The first-order chi connectivity index (χ1) is 10.3. The van der Waals surface area contributed by atoms with Gasteiger partial charge in [-0.05, 0) is 53.6 Å². The van der Waals surface area contributed by atoms with Crippen molar-refractivity contribution in [3.8, 4) is 11.1 Å². The molecule has 0 unspecified atom stereocenters. The number of carbonyl (C=O) groups excluding carboxylic acids is 1. The van der Waals surface area contributed by atoms with Crippen molar-refractivity contribution in [3.05, 3.63) is 53.6 Å². The fourth-order valence-electron chi connectivity index (χ4n) is 3.23. The largest absolute Gasteiger partial charge is 0.368 e. The van der Waals surface area contributed by atoms with E-state index < -0.39 is 0 Å². The molecule has 1 amide bonds. The molecular formula is C18H17NO2. The Balaban J connectivity index is 1.57. The van der Waals surface area contributed by atoms with Crippen molar-refractivity contribution in [1.82, 2.24) is 0 Å². The lowest BCUT2D eigenvalue weighted by Crippen LogP contribution is -2.26. The minimum atomic E-state index is -0.282. The van der Waals surface area contributed by atoms with Crippen molar-refractivity contribution in [1.29, 1.82) is 0 Å². The van der Waals surface area contributed by atoms with E-state index in [4.69, 9.17) is 4.74 Å². The van der Waals surface area contributed by atoms with Crippen molar-refractivity contribution in [2.24, 2.45) is 0 Å². The number of rotatable bonds is 2. The van der Waals surface area contributed by atoms with Gasteiger partial charge in [0, 0.05) is 12.3 Å². The van der Waals surface area contributed by atoms with Gasteiger partial charge in [0.15, 0.2) is 0 Å². The molecule has 21 heavy (non-hydrogen) atoms. The molecule has 1 atom stereocenters. The third-order valence-corrected chi connectivity index (χ3v) is 4.28. The maximum atomic E-state index is 12.1. The van der Waals surface area contributed by atoms with Crippen LogP contribution in [0.1, 0.15) is 24.0 Å². The first-order valence-electron chi connectivity index (χ1n) is 7.45. The van der Waals surface area contributed by atoms with Gasteiger partial charge in [-0.2, -0.15) is 0 Å². The molecule has 0 aromatic heterocycles. The van der Waals surface area contributed by atoms with Crippen molar-refractivity contribution in [2.45, 2.75) is 25.4 Å². The van der Waals surface area contributed by atoms with E-state index in [9.17, 15) is 4.79 Å². The Morgan fingerprint density at radius 2 is 1.95 bits per heavy atom. The molecule has 1 N–H and O–H groups in total. The average Bonchev–Trinajstić information content (AvgIpc) is 3.14. The standard InChI is InChI=1S/C18H17NO2/c20-18(17-6-3-9-21-17)19-14-7-8-16-13(11-14)10-12-4-1-2-5-15(12)16/h1-2,4-5,7-8,11,17H,3,6,9-10H2,(H,19,20)/t17-/m1/s1. The molecule has 3 heteroatoms. The molecule has 0 saturated carbocycles. The molecule has 106 valence electrons. The maximum Gasteiger partial charge on any atom is 0.253 e. The van der Waals surface area contributed by atoms with Crippen LogP contribution in [0, 0.1) is 0 Å². The van der Waals surface area contributed by atoms with Gasteiger partial charge in [0.05, 0.1) is 0 Å². The topological polar surface area (TPSA) is 38.3 Å². The lowest BCUT2D eigenvalue weighted by molar-refractivity contribution is -0.124. The average molecular weight is 279 g/mol. The van der Waals surface area contributed by atoms with E-state index in [0.717, 1.165) is 24.9 Å². The van der Waals surface area contributed by atoms with Crippen molar-refractivity contribution < 1.29 is 9.53 Å². The number of amides is 1. The molecule has 3 nitrogen and oxygen atoms in total. The second-order valence-electron chi connectivity index (χ2n) is 5.70. The molecule has 1 fully saturated rings. The third-order valence-electron chi connectivity index (χ3n) is 4.28. The fourth-order valence-corrected chi connectivity index (χ4v) is 3.23. The van der Waals surface area contributed by atoms with E-state index >= 15 is 0 Å². The summed E-state index contributed by atoms with van der Waals surface area (Å²) >= 11 is 0. The first-order valence-corrected chi connectivity index (χ1v) is 7.45. The molecule has 1 aliphatic carbocycles. The molecule has 1 heterocycles. The van der Waals surface area contributed by atoms with E-state index in [-0.39, 0.29) is 12.0 Å². The number of nitrogens with one attached hydrogen (secondary N) is 1. The van der Waals surface area contributed by atoms with Crippen LogP contribution in [0.4, 0.5) is 5.69 Å². The number of fused-ring (bicyclic) bond motifs is 3. The van der Waals surface area contributed by atoms with Crippen molar-refractivity contribution in [2.75, 3.05) is 11.9 Å². The predicted octanol–water partition coefficient (Wildman–Crippen LogP) is 3.38. The quantitative estimate of drug-likeness (QED) is 0.781. The summed E-state index contributed by atoms with van der Waals surface area (Å²) < 4.78 is 5.42. The summed E-state index contributed by atoms with van der Waals surface area (Å²) in [6.07, 6.45) is 2.45. The van der Waals surface area contributed by atoms with E-state index in [1.54, 1.807) is 0 Å². The highest BCUT2D eigenvalue weighted by molar-refractivity contribution is 5.95. The second kappa shape index (κ2) is 5.01. The molecule has 2 aromatic rings. The summed E-state index contributed by atoms with van der Waals surface area (Å²) in [6, 6.07) is 14.6. The molecule has 1 saturated heterocycles. The zero-order chi connectivity index (χ0) is 14.2. The molecule has 2 aromatic carbocycles. The third kappa shape index (κ3) is 2.24. The van der Waals surface area contributed by atoms with Crippen LogP contribution in [0.5, 0.6) is 0 Å². The predicted molar refractivity (Wildman–Crippen MR) is 82.3 cm³/mol. The zero-order valence-corrected chi connectivity index (χ0v) is 11.8. The molecular weight excluding hydrogens is 262 g/mol. The lowest BCUT2D eigenvalue weighted by Gasteiger charge is -2.11. The Bertz CT molecular complexity index is 702. The molecule has 1 aliphatic heterocycles. The van der Waals surface area contributed by atoms with Gasteiger partial charge >= 0.3 is 0 Å². The van der Waals surface area contributed by atoms with E-state index in [1.807, 2.05) is 6.07 Å². The summed E-state index contributed by atoms with van der Waals surface area (Å²) in [4.78, 5) is 12.1. The van der Waals surface area contributed by atoms with Gasteiger partial charge in [-0.3, -0.25) is 4.79 Å². The summed E-state index contributed by atoms with van der Waals surface area (Å²) in [5.41, 5.74) is 6.09. The normalized spacial score (nSPS) is 19.1. The van der Waals surface area contributed by atoms with E-state index in [1.165, 1.54) is 22.3 Å². The first kappa shape index (κ1) is 12.6. The summed E-state index contributed by atoms with van der Waals surface area (Å²) in [5, 5.41) is 2.98. The monoisotopic (exact) mass is 279 g/mol. The van der Waals surface area contributed by atoms with E-state index in [0.29, 0.717) is 6.61 Å². The van der Waals surface area contributed by atoms with Crippen LogP contribution in [-0.2, 0) is 16.0 Å². The highest BCUT2D eigenvalue weighted by Gasteiger charge is 2.24. The van der Waals surface area contributed by atoms with Crippen LogP contribution in [0.3, 0.4) is 0 Å². The fraction of sp³-hybridized carbons (Fsp3) is 0.278. The van der Waals surface area contributed by atoms with Gasteiger partial charge in [0.2, 0.25) is 0 Å². The Hall–Kier alpha value is -2.13. The molecule has 0 bridgehead atoms. The summed E-state index contributed by atoms with van der Waals surface area (Å²) in [6.45, 7) is 0.692. The van der Waals surface area contributed by atoms with Crippen LogP contribution >= 0.6 is 0 Å². The van der Waals surface area contributed by atoms with Gasteiger partial charge in [-0.1, -0.05) is 30.3 Å². The molecule has 4 rings (SSSR count). The number of ether oxygens (including phenoxy) is 1. The highest BCUT2D eigenvalue weighted by atomic mass is 16.5. The number of hydrogen-bond donors (Lipinski definition) is 1. The summed E-state index contributed by atoms with van der Waals surface area (Å²) in [7, 11) is 0. The van der Waals surface area contributed by atoms with Crippen molar-refractivity contribution >= 4 is 11.6 Å². The maximum absolute atomic E-state index is 12.1. The number of hydrogen-bond acceptors (Lipinski definition) is 2. The Kier molecular flexibility index (Phi) is 3.00. The number of anilines is 1. The van der Waals surface area contributed by atoms with Gasteiger partial charge in [-0.25, -0.2) is 0 Å². The molecule has 2 aliphatic rings. The summed E-state index contributed by atoms with van der Waals surface area (Å²) in [5.74, 6) is -0.0250. The molecule has 0 radical (unpaired) electrons. The van der Waals surface area contributed by atoms with Gasteiger partial charge in [0.25, 0.3) is 5.91 Å². The van der Waals surface area contributed by atoms with Gasteiger partial charge in [-0.15, -0.1) is 0 Å². The van der Waals surface area contributed by atoms with Gasteiger partial charge < -0.3 is 10.1 Å². The Morgan fingerprint density at radius 1 is 1.10 bits per heavy atom. The van der Waals surface area contributed by atoms with E-state index in [2.05, 4.69) is 41.7 Å². The van der Waals surface area contributed by atoms with Crippen LogP contribution in [0.15, 0.2) is 42.5 Å². The Labute approximate surface area is 123 Å². The highest BCUT2D eigenvalue weighted by Crippen LogP contribution is 2.37. The van der Waals surface area contributed by atoms with Crippen LogP contribution in [0.25, 0.3) is 11.1 Å². The minimum absolute atomic E-state index is 0.0250. The zero-order valence-electron chi connectivity index (χ0n) is 11.8. The van der Waals surface area contributed by atoms with Crippen LogP contribution in [0.2, 0.25) is 0 Å². The number of carbonyl (C=O) groups is 1. The van der Waals surface area contributed by atoms with Gasteiger partial charge in [0.1, 0.15) is 6.10 Å². The van der Waals surface area contributed by atoms with Crippen LogP contribution < -0.4 is 5.32 Å². The second-order valence-corrected chi connectivity index (χ2v) is 5.70. The number of benzene rings is 2. The SMILES string of the molecule is O=C(Nc1ccc2c(c1)Cc1ccccc1-2)[C@H]1CCCO1. The molecule has 0 spiro atoms. The minimum Gasteiger partial charge on any atom is -0.368 e. The van der Waals surface area contributed by atoms with Crippen LogP contribution in [-0.4, -0.2) is 18.6 Å². The van der Waals surface area contributed by atoms with Crippen molar-refractivity contribution in [3.63, 3.8) is 0 Å². The smallest absolute Gasteiger partial charge is 0.253 e. The Morgan fingerprint density at radius 3 is 2.81 bits per heavy atom.